The molecule has 0 spiro atoms. The molecule has 0 aromatic heterocycles. The van der Waals surface area contributed by atoms with Crippen LogP contribution in [0.15, 0.2) is 23.3 Å². The molecule has 0 aromatic carbocycles. The average molecular weight is 276 g/mol. The second-order valence-electron chi connectivity index (χ2n) is 7.47. The summed E-state index contributed by atoms with van der Waals surface area (Å²) in [6, 6.07) is 0. The number of aliphatic hydroxyl groups is 2. The van der Waals surface area contributed by atoms with Crippen molar-refractivity contribution in [3.63, 3.8) is 0 Å². The Morgan fingerprint density at radius 1 is 1.05 bits per heavy atom. The lowest BCUT2D eigenvalue weighted by molar-refractivity contribution is 0.0609. The van der Waals surface area contributed by atoms with Gasteiger partial charge in [-0.05, 0) is 62.7 Å². The predicted octanol–water partition coefficient (Wildman–Crippen LogP) is 3.74. The van der Waals surface area contributed by atoms with Gasteiger partial charge in [-0.25, -0.2) is 0 Å². The Morgan fingerprint density at radius 3 is 2.50 bits per heavy atom. The molecule has 0 aliphatic heterocycles. The van der Waals surface area contributed by atoms with Crippen molar-refractivity contribution < 1.29 is 10.2 Å². The number of aliphatic hydroxyl groups excluding tert-OH is 2. The summed E-state index contributed by atoms with van der Waals surface area (Å²) in [5.41, 5.74) is 3.39. The Bertz CT molecular complexity index is 411. The van der Waals surface area contributed by atoms with Crippen molar-refractivity contribution in [2.75, 3.05) is 0 Å². The van der Waals surface area contributed by atoms with Crippen LogP contribution in [0.1, 0.15) is 64.7 Å². The molecular weight excluding hydrogens is 248 g/mol. The summed E-state index contributed by atoms with van der Waals surface area (Å²) >= 11 is 0. The Labute approximate surface area is 122 Å². The number of rotatable bonds is 1. The van der Waals surface area contributed by atoms with E-state index in [-0.39, 0.29) is 12.2 Å². The monoisotopic (exact) mass is 276 g/mol. The highest BCUT2D eigenvalue weighted by molar-refractivity contribution is 5.25. The van der Waals surface area contributed by atoms with E-state index in [0.717, 1.165) is 18.8 Å². The van der Waals surface area contributed by atoms with Crippen molar-refractivity contribution in [3.05, 3.63) is 23.3 Å². The molecule has 3 rings (SSSR count). The van der Waals surface area contributed by atoms with E-state index in [1.807, 2.05) is 0 Å². The minimum absolute atomic E-state index is 0.355. The molecule has 2 heteroatoms. The SMILES string of the molecule is C[C@]12CCC/C(=C\C=C3C[C@@H](O)C[C@H](O)C3)C1CCC2. The highest BCUT2D eigenvalue weighted by Gasteiger charge is 2.42. The lowest BCUT2D eigenvalue weighted by Crippen LogP contribution is -2.27. The average Bonchev–Trinajstić information content (AvgIpc) is 2.77. The van der Waals surface area contributed by atoms with Gasteiger partial charge in [-0.3, -0.25) is 0 Å². The highest BCUT2D eigenvalue weighted by atomic mass is 16.3. The van der Waals surface area contributed by atoms with Crippen molar-refractivity contribution >= 4 is 0 Å². The molecule has 3 aliphatic carbocycles. The van der Waals surface area contributed by atoms with Crippen LogP contribution in [0, 0.1) is 11.3 Å². The third-order valence-corrected chi connectivity index (χ3v) is 5.82. The van der Waals surface area contributed by atoms with Crippen molar-refractivity contribution in [2.45, 2.75) is 76.9 Å². The topological polar surface area (TPSA) is 40.5 Å². The lowest BCUT2D eigenvalue weighted by atomic mass is 9.67. The zero-order valence-corrected chi connectivity index (χ0v) is 12.6. The molecule has 1 unspecified atom stereocenters. The molecule has 3 fully saturated rings. The first kappa shape index (κ1) is 14.3. The van der Waals surface area contributed by atoms with Gasteiger partial charge in [0.05, 0.1) is 12.2 Å². The summed E-state index contributed by atoms with van der Waals surface area (Å²) < 4.78 is 0. The number of hydrogen-bond donors (Lipinski definition) is 2. The van der Waals surface area contributed by atoms with E-state index in [1.54, 1.807) is 5.57 Å². The molecule has 3 saturated carbocycles. The van der Waals surface area contributed by atoms with Crippen molar-refractivity contribution in [1.82, 2.24) is 0 Å². The third kappa shape index (κ3) is 2.87. The van der Waals surface area contributed by atoms with Gasteiger partial charge in [0.15, 0.2) is 0 Å². The maximum absolute atomic E-state index is 9.76. The molecule has 20 heavy (non-hydrogen) atoms. The van der Waals surface area contributed by atoms with Crippen LogP contribution in [-0.4, -0.2) is 22.4 Å². The van der Waals surface area contributed by atoms with Crippen LogP contribution in [-0.2, 0) is 0 Å². The first-order chi connectivity index (χ1) is 9.57. The van der Waals surface area contributed by atoms with Gasteiger partial charge in [0.1, 0.15) is 0 Å². The van der Waals surface area contributed by atoms with E-state index in [0.29, 0.717) is 11.8 Å². The van der Waals surface area contributed by atoms with E-state index < -0.39 is 0 Å². The van der Waals surface area contributed by atoms with E-state index >= 15 is 0 Å². The standard InChI is InChI=1S/C18H28O2/c1-18-8-2-4-14(17(18)5-3-9-18)7-6-13-10-15(19)12-16(20)11-13/h6-7,15-17,19-20H,2-5,8-12H2,1H3/b14-7+/t15-,16-,17?,18-/m1/s1. The Morgan fingerprint density at radius 2 is 1.75 bits per heavy atom. The van der Waals surface area contributed by atoms with Crippen LogP contribution in [0.3, 0.4) is 0 Å². The normalized spacial score (nSPS) is 43.6. The number of allylic oxidation sites excluding steroid dienone is 3. The molecule has 0 saturated heterocycles. The Hall–Kier alpha value is -0.600. The zero-order chi connectivity index (χ0) is 14.2. The van der Waals surface area contributed by atoms with Gasteiger partial charge in [-0.15, -0.1) is 0 Å². The molecule has 2 nitrogen and oxygen atoms in total. The van der Waals surface area contributed by atoms with Gasteiger partial charge in [0, 0.05) is 0 Å². The van der Waals surface area contributed by atoms with Gasteiger partial charge >= 0.3 is 0 Å². The summed E-state index contributed by atoms with van der Waals surface area (Å²) in [6.07, 6.45) is 13.9. The minimum Gasteiger partial charge on any atom is -0.393 e. The molecule has 3 aliphatic rings. The maximum Gasteiger partial charge on any atom is 0.0602 e. The summed E-state index contributed by atoms with van der Waals surface area (Å²) in [5.74, 6) is 0.784. The smallest absolute Gasteiger partial charge is 0.0602 e. The van der Waals surface area contributed by atoms with Crippen LogP contribution < -0.4 is 0 Å². The quantitative estimate of drug-likeness (QED) is 0.766. The minimum atomic E-state index is -0.355. The van der Waals surface area contributed by atoms with Crippen molar-refractivity contribution in [1.29, 1.82) is 0 Å². The van der Waals surface area contributed by atoms with Crippen LogP contribution in [0.2, 0.25) is 0 Å². The Kier molecular flexibility index (Phi) is 4.05. The molecule has 0 amide bonds. The number of fused-ring (bicyclic) bond motifs is 1. The van der Waals surface area contributed by atoms with Crippen LogP contribution >= 0.6 is 0 Å². The predicted molar refractivity (Wildman–Crippen MR) is 81.3 cm³/mol. The molecule has 0 aromatic rings. The molecule has 2 N–H and O–H groups in total. The van der Waals surface area contributed by atoms with E-state index in [2.05, 4.69) is 19.1 Å². The second-order valence-corrected chi connectivity index (χ2v) is 7.47. The highest BCUT2D eigenvalue weighted by Crippen LogP contribution is 2.54. The molecule has 0 radical (unpaired) electrons. The van der Waals surface area contributed by atoms with Crippen molar-refractivity contribution in [3.8, 4) is 0 Å². The second kappa shape index (κ2) is 5.65. The van der Waals surface area contributed by atoms with E-state index in [4.69, 9.17) is 0 Å². The third-order valence-electron chi connectivity index (χ3n) is 5.82. The van der Waals surface area contributed by atoms with E-state index in [9.17, 15) is 10.2 Å². The van der Waals surface area contributed by atoms with Gasteiger partial charge in [-0.1, -0.05) is 36.6 Å². The summed E-state index contributed by atoms with van der Waals surface area (Å²) in [6.45, 7) is 2.47. The van der Waals surface area contributed by atoms with Gasteiger partial charge in [-0.2, -0.15) is 0 Å². The number of hydrogen-bond acceptors (Lipinski definition) is 2. The van der Waals surface area contributed by atoms with Gasteiger partial charge < -0.3 is 10.2 Å². The fraction of sp³-hybridized carbons (Fsp3) is 0.778. The summed E-state index contributed by atoms with van der Waals surface area (Å²) in [4.78, 5) is 0. The van der Waals surface area contributed by atoms with Crippen LogP contribution in [0.5, 0.6) is 0 Å². The molecular formula is C18H28O2. The van der Waals surface area contributed by atoms with Crippen molar-refractivity contribution in [2.24, 2.45) is 11.3 Å². The molecule has 0 bridgehead atoms. The molecule has 4 atom stereocenters. The van der Waals surface area contributed by atoms with Gasteiger partial charge in [0.2, 0.25) is 0 Å². The van der Waals surface area contributed by atoms with Crippen LogP contribution in [0.25, 0.3) is 0 Å². The molecule has 0 heterocycles. The fourth-order valence-corrected chi connectivity index (χ4v) is 4.77. The largest absolute Gasteiger partial charge is 0.393 e. The summed E-state index contributed by atoms with van der Waals surface area (Å²) in [5, 5.41) is 19.5. The van der Waals surface area contributed by atoms with Crippen LogP contribution in [0.4, 0.5) is 0 Å². The van der Waals surface area contributed by atoms with E-state index in [1.165, 1.54) is 44.1 Å². The fourth-order valence-electron chi connectivity index (χ4n) is 4.77. The van der Waals surface area contributed by atoms with Gasteiger partial charge in [0.25, 0.3) is 0 Å². The first-order valence-corrected chi connectivity index (χ1v) is 8.31. The first-order valence-electron chi connectivity index (χ1n) is 8.31. The lowest BCUT2D eigenvalue weighted by Gasteiger charge is -2.38. The zero-order valence-electron chi connectivity index (χ0n) is 12.6. The molecule has 112 valence electrons. The summed E-state index contributed by atoms with van der Waals surface area (Å²) in [7, 11) is 0. The maximum atomic E-state index is 9.76. The Balaban J connectivity index is 1.74.